The van der Waals surface area contributed by atoms with Crippen LogP contribution in [0.4, 0.5) is 0 Å². The number of nitrogens with one attached hydrogen (secondary N) is 1. The van der Waals surface area contributed by atoms with E-state index in [2.05, 4.69) is 10.3 Å². The van der Waals surface area contributed by atoms with Gasteiger partial charge in [0.05, 0.1) is 5.41 Å². The van der Waals surface area contributed by atoms with Crippen molar-refractivity contribution < 1.29 is 9.59 Å². The molecule has 0 radical (unpaired) electrons. The fourth-order valence-electron chi connectivity index (χ4n) is 2.46. The van der Waals surface area contributed by atoms with Gasteiger partial charge in [-0.25, -0.2) is 0 Å². The molecule has 3 N–H and O–H groups in total. The Morgan fingerprint density at radius 3 is 2.80 bits per heavy atom. The van der Waals surface area contributed by atoms with Crippen LogP contribution in [0.2, 0.25) is 0 Å². The predicted octanol–water partition coefficient (Wildman–Crippen LogP) is 0.139. The van der Waals surface area contributed by atoms with Crippen LogP contribution in [-0.2, 0) is 11.3 Å². The lowest BCUT2D eigenvalue weighted by Gasteiger charge is -2.22. The largest absolute Gasteiger partial charge is 0.359 e. The highest BCUT2D eigenvalue weighted by molar-refractivity contribution is 5.93. The van der Waals surface area contributed by atoms with Crippen LogP contribution in [-0.4, -0.2) is 41.8 Å². The number of nitrogens with two attached hydrogens (primary N) is 1. The maximum absolute atomic E-state index is 12.3. The third kappa shape index (κ3) is 2.65. The Morgan fingerprint density at radius 1 is 1.50 bits per heavy atom. The third-order valence-corrected chi connectivity index (χ3v) is 3.82. The van der Waals surface area contributed by atoms with E-state index in [0.717, 1.165) is 5.56 Å². The number of hydrogen-bond acceptors (Lipinski definition) is 4. The number of carbonyl (C=O) groups is 2. The van der Waals surface area contributed by atoms with Crippen LogP contribution in [0.25, 0.3) is 0 Å². The van der Waals surface area contributed by atoms with Gasteiger partial charge >= 0.3 is 0 Å². The van der Waals surface area contributed by atoms with E-state index in [1.165, 1.54) is 0 Å². The molecule has 1 aliphatic rings. The summed E-state index contributed by atoms with van der Waals surface area (Å²) in [4.78, 5) is 30.0. The van der Waals surface area contributed by atoms with E-state index in [1.807, 2.05) is 6.92 Å². The minimum atomic E-state index is -0.512. The average Bonchev–Trinajstić information content (AvgIpc) is 2.89. The van der Waals surface area contributed by atoms with E-state index in [0.29, 0.717) is 31.7 Å². The van der Waals surface area contributed by atoms with E-state index < -0.39 is 5.41 Å². The summed E-state index contributed by atoms with van der Waals surface area (Å²) in [7, 11) is 1.62. The summed E-state index contributed by atoms with van der Waals surface area (Å²) in [6.07, 6.45) is 2.28. The van der Waals surface area contributed by atoms with Gasteiger partial charge in [0, 0.05) is 32.9 Å². The van der Waals surface area contributed by atoms with Crippen LogP contribution in [0.1, 0.15) is 29.4 Å². The molecule has 2 amide bonds. The molecule has 1 aromatic rings. The minimum Gasteiger partial charge on any atom is -0.359 e. The van der Waals surface area contributed by atoms with Crippen LogP contribution in [0.5, 0.6) is 0 Å². The molecular formula is C14H20N4O2. The van der Waals surface area contributed by atoms with Crippen LogP contribution in [0.3, 0.4) is 0 Å². The van der Waals surface area contributed by atoms with Gasteiger partial charge in [0.2, 0.25) is 5.91 Å². The molecule has 6 heteroatoms. The Bertz CT molecular complexity index is 514. The van der Waals surface area contributed by atoms with Gasteiger partial charge in [-0.3, -0.25) is 14.6 Å². The highest BCUT2D eigenvalue weighted by Crippen LogP contribution is 2.30. The summed E-state index contributed by atoms with van der Waals surface area (Å²) in [5.41, 5.74) is 6.27. The monoisotopic (exact) mass is 276 g/mol. The molecule has 1 atom stereocenters. The van der Waals surface area contributed by atoms with Crippen LogP contribution in [0, 0.1) is 5.41 Å². The first-order valence-electron chi connectivity index (χ1n) is 6.66. The zero-order valence-corrected chi connectivity index (χ0v) is 11.8. The normalized spacial score (nSPS) is 21.9. The van der Waals surface area contributed by atoms with E-state index in [4.69, 9.17) is 5.73 Å². The van der Waals surface area contributed by atoms with Crippen molar-refractivity contribution in [3.05, 3.63) is 29.6 Å². The van der Waals surface area contributed by atoms with Crippen molar-refractivity contribution in [2.75, 3.05) is 20.1 Å². The van der Waals surface area contributed by atoms with Crippen molar-refractivity contribution in [1.29, 1.82) is 0 Å². The zero-order chi connectivity index (χ0) is 14.8. The van der Waals surface area contributed by atoms with Gasteiger partial charge in [-0.15, -0.1) is 0 Å². The maximum atomic E-state index is 12.3. The van der Waals surface area contributed by atoms with E-state index >= 15 is 0 Å². The lowest BCUT2D eigenvalue weighted by Crippen LogP contribution is -2.40. The summed E-state index contributed by atoms with van der Waals surface area (Å²) in [5.74, 6) is -0.166. The Balaban J connectivity index is 2.09. The molecule has 2 rings (SSSR count). The number of aromatic nitrogens is 1. The average molecular weight is 276 g/mol. The first-order valence-corrected chi connectivity index (χ1v) is 6.66. The van der Waals surface area contributed by atoms with Gasteiger partial charge in [0.1, 0.15) is 5.69 Å². The van der Waals surface area contributed by atoms with Gasteiger partial charge in [0.25, 0.3) is 5.91 Å². The van der Waals surface area contributed by atoms with E-state index in [-0.39, 0.29) is 11.8 Å². The summed E-state index contributed by atoms with van der Waals surface area (Å²) >= 11 is 0. The number of amides is 2. The van der Waals surface area contributed by atoms with Crippen molar-refractivity contribution in [2.24, 2.45) is 11.1 Å². The van der Waals surface area contributed by atoms with E-state index in [9.17, 15) is 9.59 Å². The summed E-state index contributed by atoms with van der Waals surface area (Å²) < 4.78 is 0. The zero-order valence-electron chi connectivity index (χ0n) is 11.8. The second kappa shape index (κ2) is 5.58. The molecule has 6 nitrogen and oxygen atoms in total. The Hall–Kier alpha value is -1.95. The number of pyridine rings is 1. The fraction of sp³-hybridized carbons (Fsp3) is 0.500. The predicted molar refractivity (Wildman–Crippen MR) is 74.8 cm³/mol. The van der Waals surface area contributed by atoms with Gasteiger partial charge in [-0.05, 0) is 25.0 Å². The Kier molecular flexibility index (Phi) is 4.04. The highest BCUT2D eigenvalue weighted by Gasteiger charge is 2.41. The molecule has 0 saturated carbocycles. The molecule has 1 aliphatic heterocycles. The number of likely N-dealkylation sites (tertiary alicyclic amines) is 1. The molecule has 1 aromatic heterocycles. The Labute approximate surface area is 118 Å². The second-order valence-electron chi connectivity index (χ2n) is 5.37. The number of carbonyl (C=O) groups excluding carboxylic acids is 2. The van der Waals surface area contributed by atoms with E-state index in [1.54, 1.807) is 30.3 Å². The molecule has 2 heterocycles. The van der Waals surface area contributed by atoms with Gasteiger partial charge in [0.15, 0.2) is 0 Å². The van der Waals surface area contributed by atoms with Crippen LogP contribution in [0.15, 0.2) is 18.3 Å². The summed E-state index contributed by atoms with van der Waals surface area (Å²) in [5, 5.41) is 2.66. The van der Waals surface area contributed by atoms with Crippen molar-refractivity contribution in [1.82, 2.24) is 15.2 Å². The Morgan fingerprint density at radius 2 is 2.25 bits per heavy atom. The molecule has 0 bridgehead atoms. The minimum absolute atomic E-state index is 0.0285. The molecule has 1 fully saturated rings. The second-order valence-corrected chi connectivity index (χ2v) is 5.37. The third-order valence-electron chi connectivity index (χ3n) is 3.82. The molecule has 1 saturated heterocycles. The number of rotatable bonds is 3. The number of nitrogens with zero attached hydrogens (tertiary/aromatic N) is 2. The molecule has 0 spiro atoms. The van der Waals surface area contributed by atoms with Crippen molar-refractivity contribution >= 4 is 11.8 Å². The lowest BCUT2D eigenvalue weighted by atomic mass is 9.89. The van der Waals surface area contributed by atoms with Gasteiger partial charge in [-0.2, -0.15) is 0 Å². The van der Waals surface area contributed by atoms with Crippen molar-refractivity contribution in [2.45, 2.75) is 19.9 Å². The van der Waals surface area contributed by atoms with Crippen molar-refractivity contribution in [3.8, 4) is 0 Å². The van der Waals surface area contributed by atoms with Crippen LogP contribution >= 0.6 is 0 Å². The first-order chi connectivity index (χ1) is 9.50. The lowest BCUT2D eigenvalue weighted by molar-refractivity contribution is -0.128. The molecule has 20 heavy (non-hydrogen) atoms. The smallest absolute Gasteiger partial charge is 0.272 e. The summed E-state index contributed by atoms with van der Waals surface area (Å²) in [6.45, 7) is 3.28. The summed E-state index contributed by atoms with van der Waals surface area (Å²) in [6, 6.07) is 3.48. The number of hydrogen-bond donors (Lipinski definition) is 2. The quantitative estimate of drug-likeness (QED) is 0.822. The fourth-order valence-corrected chi connectivity index (χ4v) is 2.46. The highest BCUT2D eigenvalue weighted by atomic mass is 16.2. The van der Waals surface area contributed by atoms with Crippen LogP contribution < -0.4 is 11.1 Å². The molecule has 0 aliphatic carbocycles. The standard InChI is InChI=1S/C14H20N4O2/c1-14(13(20)16-2)5-6-18(9-14)12(19)11-4-3-10(7-15)8-17-11/h3-4,8H,5-7,9,15H2,1-2H3,(H,16,20). The van der Waals surface area contributed by atoms with Gasteiger partial charge < -0.3 is 16.0 Å². The molecule has 1 unspecified atom stereocenters. The molecule has 0 aromatic carbocycles. The van der Waals surface area contributed by atoms with Crippen molar-refractivity contribution in [3.63, 3.8) is 0 Å². The first kappa shape index (κ1) is 14.5. The SMILES string of the molecule is CNC(=O)C1(C)CCN(C(=O)c2ccc(CN)cn2)C1. The topological polar surface area (TPSA) is 88.3 Å². The maximum Gasteiger partial charge on any atom is 0.272 e. The molecular weight excluding hydrogens is 256 g/mol. The van der Waals surface area contributed by atoms with Gasteiger partial charge in [-0.1, -0.05) is 6.07 Å². The molecule has 108 valence electrons.